The lowest BCUT2D eigenvalue weighted by atomic mass is 9.99. The quantitative estimate of drug-likeness (QED) is 0.787. The maximum absolute atomic E-state index is 11.5. The van der Waals surface area contributed by atoms with Crippen molar-refractivity contribution in [3.63, 3.8) is 0 Å². The van der Waals surface area contributed by atoms with Gasteiger partial charge in [0.25, 0.3) is 0 Å². The van der Waals surface area contributed by atoms with Crippen molar-refractivity contribution in [2.24, 2.45) is 0 Å². The molecule has 3 heteroatoms. The number of nitrogens with zero attached hydrogens (tertiary/aromatic N) is 1. The standard InChI is InChI=1S/C16H23NO2/c1-3-13(2)14-6-4-7-15(12-14)19-11-10-17-9-5-8-16(17)18/h4,6-7,12-13H,3,5,8-11H2,1-2H3. The Bertz CT molecular complexity index is 431. The minimum atomic E-state index is 0.261. The Morgan fingerprint density at radius 2 is 2.26 bits per heavy atom. The largest absolute Gasteiger partial charge is 0.492 e. The van der Waals surface area contributed by atoms with Gasteiger partial charge in [0.15, 0.2) is 0 Å². The molecule has 0 aromatic heterocycles. The second kappa shape index (κ2) is 6.60. The second-order valence-electron chi connectivity index (χ2n) is 5.21. The molecule has 1 aromatic rings. The Balaban J connectivity index is 1.84. The van der Waals surface area contributed by atoms with E-state index in [4.69, 9.17) is 4.74 Å². The van der Waals surface area contributed by atoms with Crippen molar-refractivity contribution < 1.29 is 9.53 Å². The van der Waals surface area contributed by atoms with Crippen LogP contribution in [0.5, 0.6) is 5.75 Å². The molecule has 0 bridgehead atoms. The number of hydrogen-bond donors (Lipinski definition) is 0. The van der Waals surface area contributed by atoms with E-state index in [-0.39, 0.29) is 5.91 Å². The Morgan fingerprint density at radius 1 is 1.42 bits per heavy atom. The van der Waals surface area contributed by atoms with Gasteiger partial charge in [0, 0.05) is 13.0 Å². The third-order valence-corrected chi connectivity index (χ3v) is 3.84. The molecule has 104 valence electrons. The molecule has 1 heterocycles. The van der Waals surface area contributed by atoms with Crippen molar-refractivity contribution >= 4 is 5.91 Å². The van der Waals surface area contributed by atoms with Crippen LogP contribution in [0.25, 0.3) is 0 Å². The Kier molecular flexibility index (Phi) is 4.83. The van der Waals surface area contributed by atoms with Crippen molar-refractivity contribution in [3.8, 4) is 5.75 Å². The van der Waals surface area contributed by atoms with Gasteiger partial charge in [-0.05, 0) is 36.5 Å². The van der Waals surface area contributed by atoms with E-state index < -0.39 is 0 Å². The maximum Gasteiger partial charge on any atom is 0.222 e. The molecule has 3 nitrogen and oxygen atoms in total. The lowest BCUT2D eigenvalue weighted by molar-refractivity contribution is -0.128. The van der Waals surface area contributed by atoms with Gasteiger partial charge >= 0.3 is 0 Å². The average molecular weight is 261 g/mol. The van der Waals surface area contributed by atoms with Crippen LogP contribution in [0.15, 0.2) is 24.3 Å². The normalized spacial score (nSPS) is 16.7. The van der Waals surface area contributed by atoms with Gasteiger partial charge in [0.2, 0.25) is 5.91 Å². The lowest BCUT2D eigenvalue weighted by Gasteiger charge is -2.16. The molecule has 1 amide bonds. The molecule has 1 atom stereocenters. The van der Waals surface area contributed by atoms with Gasteiger partial charge in [-0.2, -0.15) is 0 Å². The van der Waals surface area contributed by atoms with Crippen LogP contribution in [0.2, 0.25) is 0 Å². The Morgan fingerprint density at radius 3 is 2.95 bits per heavy atom. The smallest absolute Gasteiger partial charge is 0.222 e. The van der Waals surface area contributed by atoms with Gasteiger partial charge in [0.05, 0.1) is 6.54 Å². The fraction of sp³-hybridized carbons (Fsp3) is 0.562. The summed E-state index contributed by atoms with van der Waals surface area (Å²) in [6.45, 7) is 6.58. The highest BCUT2D eigenvalue weighted by atomic mass is 16.5. The highest BCUT2D eigenvalue weighted by molar-refractivity contribution is 5.78. The van der Waals surface area contributed by atoms with Gasteiger partial charge in [-0.1, -0.05) is 26.0 Å². The number of amides is 1. The van der Waals surface area contributed by atoms with Gasteiger partial charge < -0.3 is 9.64 Å². The zero-order chi connectivity index (χ0) is 13.7. The molecular formula is C16H23NO2. The summed E-state index contributed by atoms with van der Waals surface area (Å²) >= 11 is 0. The van der Waals surface area contributed by atoms with Crippen molar-refractivity contribution in [1.82, 2.24) is 4.90 Å². The molecule has 1 unspecified atom stereocenters. The molecular weight excluding hydrogens is 238 g/mol. The highest BCUT2D eigenvalue weighted by Crippen LogP contribution is 2.22. The molecule has 1 aromatic carbocycles. The van der Waals surface area contributed by atoms with E-state index in [9.17, 15) is 4.79 Å². The Labute approximate surface area is 115 Å². The topological polar surface area (TPSA) is 29.5 Å². The highest BCUT2D eigenvalue weighted by Gasteiger charge is 2.19. The van der Waals surface area contributed by atoms with E-state index in [1.807, 2.05) is 17.0 Å². The minimum Gasteiger partial charge on any atom is -0.492 e. The molecule has 0 N–H and O–H groups in total. The summed E-state index contributed by atoms with van der Waals surface area (Å²) < 4.78 is 5.76. The van der Waals surface area contributed by atoms with E-state index in [1.54, 1.807) is 0 Å². The number of rotatable bonds is 6. The predicted octanol–water partition coefficient (Wildman–Crippen LogP) is 3.20. The van der Waals surface area contributed by atoms with Crippen LogP contribution in [-0.2, 0) is 4.79 Å². The van der Waals surface area contributed by atoms with Crippen LogP contribution in [0.1, 0.15) is 44.6 Å². The number of carbonyl (C=O) groups is 1. The summed E-state index contributed by atoms with van der Waals surface area (Å²) in [5.74, 6) is 1.73. The van der Waals surface area contributed by atoms with Gasteiger partial charge in [-0.15, -0.1) is 0 Å². The van der Waals surface area contributed by atoms with E-state index in [1.165, 1.54) is 5.56 Å². The zero-order valence-corrected chi connectivity index (χ0v) is 11.9. The monoisotopic (exact) mass is 261 g/mol. The molecule has 1 aliphatic heterocycles. The van der Waals surface area contributed by atoms with Crippen LogP contribution in [0, 0.1) is 0 Å². The first-order valence-corrected chi connectivity index (χ1v) is 7.21. The number of likely N-dealkylation sites (tertiary alicyclic amines) is 1. The summed E-state index contributed by atoms with van der Waals surface area (Å²) in [6, 6.07) is 8.28. The summed E-state index contributed by atoms with van der Waals surface area (Å²) in [5.41, 5.74) is 1.32. The van der Waals surface area contributed by atoms with Crippen molar-refractivity contribution in [1.29, 1.82) is 0 Å². The molecule has 0 saturated carbocycles. The van der Waals surface area contributed by atoms with Gasteiger partial charge in [0.1, 0.15) is 12.4 Å². The SMILES string of the molecule is CCC(C)c1cccc(OCCN2CCCC2=O)c1. The van der Waals surface area contributed by atoms with Crippen LogP contribution in [0.3, 0.4) is 0 Å². The van der Waals surface area contributed by atoms with E-state index in [0.717, 1.165) is 25.1 Å². The van der Waals surface area contributed by atoms with Crippen molar-refractivity contribution in [2.45, 2.75) is 39.0 Å². The lowest BCUT2D eigenvalue weighted by Crippen LogP contribution is -2.29. The zero-order valence-electron chi connectivity index (χ0n) is 11.9. The third-order valence-electron chi connectivity index (χ3n) is 3.84. The van der Waals surface area contributed by atoms with Crippen LogP contribution in [-0.4, -0.2) is 30.5 Å². The fourth-order valence-corrected chi connectivity index (χ4v) is 2.36. The molecule has 0 spiro atoms. The number of ether oxygens (including phenoxy) is 1. The first kappa shape index (κ1) is 13.9. The minimum absolute atomic E-state index is 0.261. The first-order valence-electron chi connectivity index (χ1n) is 7.21. The molecule has 0 aliphatic carbocycles. The van der Waals surface area contributed by atoms with Gasteiger partial charge in [-0.25, -0.2) is 0 Å². The molecule has 1 fully saturated rings. The Hall–Kier alpha value is -1.51. The first-order chi connectivity index (χ1) is 9.20. The van der Waals surface area contributed by atoms with E-state index in [0.29, 0.717) is 25.5 Å². The summed E-state index contributed by atoms with van der Waals surface area (Å²) in [5, 5.41) is 0. The molecule has 1 saturated heterocycles. The van der Waals surface area contributed by atoms with E-state index in [2.05, 4.69) is 26.0 Å². The van der Waals surface area contributed by atoms with Crippen LogP contribution < -0.4 is 4.74 Å². The fourth-order valence-electron chi connectivity index (χ4n) is 2.36. The summed E-state index contributed by atoms with van der Waals surface area (Å²) in [6.07, 6.45) is 2.82. The van der Waals surface area contributed by atoms with Crippen molar-refractivity contribution in [3.05, 3.63) is 29.8 Å². The van der Waals surface area contributed by atoms with Crippen LogP contribution in [0.4, 0.5) is 0 Å². The van der Waals surface area contributed by atoms with Crippen LogP contribution >= 0.6 is 0 Å². The number of hydrogen-bond acceptors (Lipinski definition) is 2. The third kappa shape index (κ3) is 3.72. The summed E-state index contributed by atoms with van der Waals surface area (Å²) in [4.78, 5) is 13.4. The average Bonchev–Trinajstić information content (AvgIpc) is 2.84. The van der Waals surface area contributed by atoms with E-state index >= 15 is 0 Å². The summed E-state index contributed by atoms with van der Waals surface area (Å²) in [7, 11) is 0. The number of benzene rings is 1. The second-order valence-corrected chi connectivity index (χ2v) is 5.21. The molecule has 2 rings (SSSR count). The predicted molar refractivity (Wildman–Crippen MR) is 76.5 cm³/mol. The maximum atomic E-state index is 11.5. The molecule has 1 aliphatic rings. The number of carbonyl (C=O) groups excluding carboxylic acids is 1. The molecule has 0 radical (unpaired) electrons. The molecule has 19 heavy (non-hydrogen) atoms. The van der Waals surface area contributed by atoms with Gasteiger partial charge in [-0.3, -0.25) is 4.79 Å². The van der Waals surface area contributed by atoms with Crippen molar-refractivity contribution in [2.75, 3.05) is 19.7 Å².